The van der Waals surface area contributed by atoms with Crippen LogP contribution in [0.3, 0.4) is 0 Å². The maximum atomic E-state index is 5.88. The third-order valence-corrected chi connectivity index (χ3v) is 6.22. The van der Waals surface area contributed by atoms with E-state index >= 15 is 0 Å². The first kappa shape index (κ1) is 24.0. The van der Waals surface area contributed by atoms with Crippen LogP contribution in [0.15, 0.2) is 79.1 Å². The van der Waals surface area contributed by atoms with Crippen molar-refractivity contribution in [1.82, 2.24) is 34.7 Å². The summed E-state index contributed by atoms with van der Waals surface area (Å²) in [7, 11) is 0. The summed E-state index contributed by atoms with van der Waals surface area (Å²) in [6.07, 6.45) is 3.98. The van der Waals surface area contributed by atoms with E-state index in [0.717, 1.165) is 49.7 Å². The summed E-state index contributed by atoms with van der Waals surface area (Å²) in [5.74, 6) is 3.19. The van der Waals surface area contributed by atoms with Crippen LogP contribution < -0.4 is 9.47 Å². The van der Waals surface area contributed by atoms with Crippen molar-refractivity contribution in [2.24, 2.45) is 0 Å². The van der Waals surface area contributed by atoms with Crippen molar-refractivity contribution in [2.45, 2.75) is 6.42 Å². The number of para-hydroxylation sites is 1. The number of hydrogen-bond donors (Lipinski definition) is 0. The minimum absolute atomic E-state index is 0.471. The zero-order valence-corrected chi connectivity index (χ0v) is 20.8. The molecule has 0 saturated carbocycles. The summed E-state index contributed by atoms with van der Waals surface area (Å²) in [6.45, 7) is 4.90. The van der Waals surface area contributed by atoms with Gasteiger partial charge in [-0.25, -0.2) is 9.97 Å². The van der Waals surface area contributed by atoms with Crippen molar-refractivity contribution >= 4 is 5.65 Å². The van der Waals surface area contributed by atoms with E-state index in [1.165, 1.54) is 0 Å². The Morgan fingerprint density at radius 3 is 2.53 bits per heavy atom. The van der Waals surface area contributed by atoms with E-state index in [1.54, 1.807) is 23.0 Å². The second kappa shape index (κ2) is 11.3. The molecule has 1 aliphatic rings. The molecule has 0 radical (unpaired) electrons. The van der Waals surface area contributed by atoms with E-state index in [-0.39, 0.29) is 0 Å². The standard InChI is InChI=1S/C28H27N7O3/c1-2-7-23(8-3-1)38-27-10-9-25-31-32-26(35(25)33-27)18-21-5-4-6-22(17-21)28-29-19-24(20-30-28)37-16-13-34-11-14-36-15-12-34/h1-10,17,19-20H,11-16,18H2. The summed E-state index contributed by atoms with van der Waals surface area (Å²) < 4.78 is 18.8. The van der Waals surface area contributed by atoms with Crippen molar-refractivity contribution in [2.75, 3.05) is 39.5 Å². The van der Waals surface area contributed by atoms with E-state index in [9.17, 15) is 0 Å². The lowest BCUT2D eigenvalue weighted by molar-refractivity contribution is 0.0322. The summed E-state index contributed by atoms with van der Waals surface area (Å²) in [5.41, 5.74) is 2.61. The molecule has 1 aliphatic heterocycles. The molecule has 0 spiro atoms. The molecule has 0 unspecified atom stereocenters. The Bertz CT molecular complexity index is 1490. The largest absolute Gasteiger partial charge is 0.489 e. The predicted octanol–water partition coefficient (Wildman–Crippen LogP) is 3.68. The molecular weight excluding hydrogens is 482 g/mol. The molecule has 0 aliphatic carbocycles. The molecule has 0 amide bonds. The van der Waals surface area contributed by atoms with Gasteiger partial charge in [0.15, 0.2) is 23.0 Å². The molecule has 0 N–H and O–H groups in total. The van der Waals surface area contributed by atoms with Gasteiger partial charge in [-0.2, -0.15) is 4.52 Å². The summed E-state index contributed by atoms with van der Waals surface area (Å²) in [4.78, 5) is 11.4. The van der Waals surface area contributed by atoms with E-state index < -0.39 is 0 Å². The number of morpholine rings is 1. The van der Waals surface area contributed by atoms with Crippen LogP contribution in [-0.4, -0.2) is 74.1 Å². The minimum atomic E-state index is 0.471. The molecule has 1 fully saturated rings. The van der Waals surface area contributed by atoms with Crippen LogP contribution in [0.25, 0.3) is 17.0 Å². The first-order valence-corrected chi connectivity index (χ1v) is 12.6. The number of hydrogen-bond acceptors (Lipinski definition) is 9. The molecular formula is C28H27N7O3. The minimum Gasteiger partial charge on any atom is -0.489 e. The molecule has 5 aromatic rings. The highest BCUT2D eigenvalue weighted by molar-refractivity contribution is 5.56. The lowest BCUT2D eigenvalue weighted by atomic mass is 10.1. The van der Waals surface area contributed by atoms with E-state index in [1.807, 2.05) is 54.6 Å². The van der Waals surface area contributed by atoms with Gasteiger partial charge in [-0.15, -0.1) is 15.3 Å². The highest BCUT2D eigenvalue weighted by Crippen LogP contribution is 2.22. The summed E-state index contributed by atoms with van der Waals surface area (Å²) >= 11 is 0. The van der Waals surface area contributed by atoms with Crippen LogP contribution in [0.1, 0.15) is 11.4 Å². The van der Waals surface area contributed by atoms with Gasteiger partial charge < -0.3 is 14.2 Å². The fourth-order valence-electron chi connectivity index (χ4n) is 4.25. The third kappa shape index (κ3) is 5.77. The first-order valence-electron chi connectivity index (χ1n) is 12.6. The van der Waals surface area contributed by atoms with Gasteiger partial charge in [0.05, 0.1) is 25.6 Å². The van der Waals surface area contributed by atoms with Crippen molar-refractivity contribution in [1.29, 1.82) is 0 Å². The maximum absolute atomic E-state index is 5.88. The quantitative estimate of drug-likeness (QED) is 0.295. The van der Waals surface area contributed by atoms with Gasteiger partial charge in [-0.1, -0.05) is 36.4 Å². The van der Waals surface area contributed by atoms with Crippen LogP contribution in [0.2, 0.25) is 0 Å². The number of rotatable bonds is 9. The van der Waals surface area contributed by atoms with Gasteiger partial charge in [0, 0.05) is 37.7 Å². The molecule has 10 heteroatoms. The molecule has 0 bridgehead atoms. The van der Waals surface area contributed by atoms with Crippen LogP contribution in [-0.2, 0) is 11.2 Å². The number of aromatic nitrogens is 6. The topological polar surface area (TPSA) is 99.8 Å². The predicted molar refractivity (Wildman–Crippen MR) is 140 cm³/mol. The molecule has 192 valence electrons. The van der Waals surface area contributed by atoms with E-state index in [2.05, 4.69) is 36.2 Å². The van der Waals surface area contributed by atoms with Crippen molar-refractivity contribution in [3.63, 3.8) is 0 Å². The highest BCUT2D eigenvalue weighted by Gasteiger charge is 2.12. The third-order valence-electron chi connectivity index (χ3n) is 6.22. The molecule has 1 saturated heterocycles. The maximum Gasteiger partial charge on any atom is 0.237 e. The van der Waals surface area contributed by atoms with Gasteiger partial charge >= 0.3 is 0 Å². The monoisotopic (exact) mass is 509 g/mol. The van der Waals surface area contributed by atoms with Crippen LogP contribution in [0.5, 0.6) is 17.4 Å². The Morgan fingerprint density at radius 1 is 0.842 bits per heavy atom. The Labute approximate surface area is 219 Å². The molecule has 4 heterocycles. The normalized spacial score (nSPS) is 14.0. The van der Waals surface area contributed by atoms with Gasteiger partial charge in [0.25, 0.3) is 0 Å². The molecule has 3 aromatic heterocycles. The van der Waals surface area contributed by atoms with E-state index in [0.29, 0.717) is 42.0 Å². The van der Waals surface area contributed by atoms with Gasteiger partial charge in [0.1, 0.15) is 12.4 Å². The SMILES string of the molecule is c1ccc(Oc2ccc3nnc(Cc4cccc(-c5ncc(OCCN6CCOCC6)cn5)c4)n3n2)cc1. The van der Waals surface area contributed by atoms with Gasteiger partial charge in [0.2, 0.25) is 5.88 Å². The van der Waals surface area contributed by atoms with E-state index in [4.69, 9.17) is 14.2 Å². The lowest BCUT2D eigenvalue weighted by Gasteiger charge is -2.26. The average molecular weight is 510 g/mol. The zero-order valence-electron chi connectivity index (χ0n) is 20.8. The number of nitrogens with zero attached hydrogens (tertiary/aromatic N) is 7. The molecule has 2 aromatic carbocycles. The molecule has 6 rings (SSSR count). The molecule has 0 atom stereocenters. The van der Waals surface area contributed by atoms with Crippen LogP contribution in [0.4, 0.5) is 0 Å². The highest BCUT2D eigenvalue weighted by atomic mass is 16.5. The fourth-order valence-corrected chi connectivity index (χ4v) is 4.25. The zero-order chi connectivity index (χ0) is 25.6. The number of benzene rings is 2. The van der Waals surface area contributed by atoms with Crippen molar-refractivity contribution < 1.29 is 14.2 Å². The van der Waals surface area contributed by atoms with Gasteiger partial charge in [-0.05, 0) is 29.8 Å². The second-order valence-corrected chi connectivity index (χ2v) is 8.89. The Kier molecular flexibility index (Phi) is 7.14. The Hall–Kier alpha value is -4.41. The fraction of sp³-hybridized carbons (Fsp3) is 0.250. The lowest BCUT2D eigenvalue weighted by Crippen LogP contribution is -2.38. The van der Waals surface area contributed by atoms with Crippen molar-refractivity contribution in [3.05, 3.63) is 90.5 Å². The van der Waals surface area contributed by atoms with Crippen LogP contribution in [0, 0.1) is 0 Å². The number of fused-ring (bicyclic) bond motifs is 1. The summed E-state index contributed by atoms with van der Waals surface area (Å²) in [6, 6.07) is 21.3. The smallest absolute Gasteiger partial charge is 0.237 e. The Morgan fingerprint density at radius 2 is 1.68 bits per heavy atom. The average Bonchev–Trinajstić information content (AvgIpc) is 3.36. The first-order chi connectivity index (χ1) is 18.8. The second-order valence-electron chi connectivity index (χ2n) is 8.89. The molecule has 38 heavy (non-hydrogen) atoms. The molecule has 10 nitrogen and oxygen atoms in total. The summed E-state index contributed by atoms with van der Waals surface area (Å²) in [5, 5.41) is 13.2. The van der Waals surface area contributed by atoms with Crippen molar-refractivity contribution in [3.8, 4) is 28.8 Å². The van der Waals surface area contributed by atoms with Gasteiger partial charge in [-0.3, -0.25) is 4.90 Å². The Balaban J connectivity index is 1.12. The van der Waals surface area contributed by atoms with Crippen LogP contribution >= 0.6 is 0 Å². The number of ether oxygens (including phenoxy) is 3.